The van der Waals surface area contributed by atoms with Crippen LogP contribution in [0, 0.1) is 17.5 Å². The molecular weight excluding hydrogens is 263 g/mol. The molecule has 0 spiro atoms. The largest absolute Gasteiger partial charge is 0.477 e. The van der Waals surface area contributed by atoms with Crippen LogP contribution in [0.5, 0.6) is 0 Å². The molecule has 4 nitrogen and oxygen atoms in total. The highest BCUT2D eigenvalue weighted by Gasteiger charge is 2.22. The van der Waals surface area contributed by atoms with Crippen LogP contribution in [-0.4, -0.2) is 16.1 Å². The number of carboxylic acid groups (broad SMARTS) is 1. The summed E-state index contributed by atoms with van der Waals surface area (Å²) in [5.74, 6) is -6.31. The van der Waals surface area contributed by atoms with Crippen molar-refractivity contribution in [3.63, 3.8) is 0 Å². The number of rotatable bonds is 2. The Labute approximate surface area is 104 Å². The summed E-state index contributed by atoms with van der Waals surface area (Å²) >= 11 is 0. The Bertz CT molecular complexity index is 752. The van der Waals surface area contributed by atoms with E-state index in [1.54, 1.807) is 6.92 Å². The van der Waals surface area contributed by atoms with E-state index in [0.717, 1.165) is 0 Å². The van der Waals surface area contributed by atoms with Crippen LogP contribution in [0.2, 0.25) is 0 Å². The number of fused-ring (bicyclic) bond motifs is 1. The third-order valence-corrected chi connectivity index (χ3v) is 2.78. The number of H-pyrrole nitrogens is 1. The van der Waals surface area contributed by atoms with Gasteiger partial charge in [0.15, 0.2) is 17.5 Å². The number of carboxylic acids is 1. The minimum Gasteiger partial charge on any atom is -0.477 e. The molecule has 7 heteroatoms. The number of aryl methyl sites for hydroxylation is 1. The van der Waals surface area contributed by atoms with Crippen LogP contribution in [0.15, 0.2) is 10.9 Å². The van der Waals surface area contributed by atoms with Gasteiger partial charge in [-0.05, 0) is 12.5 Å². The number of halogens is 3. The molecule has 0 saturated carbocycles. The predicted octanol–water partition coefficient (Wildman–Crippen LogP) is 2.21. The van der Waals surface area contributed by atoms with Gasteiger partial charge in [-0.25, -0.2) is 18.0 Å². The molecule has 19 heavy (non-hydrogen) atoms. The minimum absolute atomic E-state index is 0.0464. The van der Waals surface area contributed by atoms with Gasteiger partial charge >= 0.3 is 5.97 Å². The number of benzene rings is 1. The predicted molar refractivity (Wildman–Crippen MR) is 60.8 cm³/mol. The van der Waals surface area contributed by atoms with Crippen molar-refractivity contribution in [1.82, 2.24) is 4.98 Å². The van der Waals surface area contributed by atoms with Crippen molar-refractivity contribution >= 4 is 16.9 Å². The van der Waals surface area contributed by atoms with Gasteiger partial charge in [0, 0.05) is 5.69 Å². The van der Waals surface area contributed by atoms with Crippen molar-refractivity contribution in [2.45, 2.75) is 13.3 Å². The Morgan fingerprint density at radius 2 is 1.95 bits per heavy atom. The maximum Gasteiger partial charge on any atom is 0.341 e. The lowest BCUT2D eigenvalue weighted by molar-refractivity contribution is 0.0694. The van der Waals surface area contributed by atoms with Crippen molar-refractivity contribution in [3.8, 4) is 0 Å². The highest BCUT2D eigenvalue weighted by Crippen LogP contribution is 2.21. The molecule has 0 aliphatic carbocycles. The average molecular weight is 271 g/mol. The first kappa shape index (κ1) is 13.1. The van der Waals surface area contributed by atoms with Gasteiger partial charge < -0.3 is 10.1 Å². The lowest BCUT2D eigenvalue weighted by atomic mass is 10.1. The van der Waals surface area contributed by atoms with Crippen molar-refractivity contribution in [1.29, 1.82) is 0 Å². The monoisotopic (exact) mass is 271 g/mol. The van der Waals surface area contributed by atoms with Crippen LogP contribution in [0.1, 0.15) is 23.0 Å². The number of aromatic carboxylic acids is 1. The lowest BCUT2D eigenvalue weighted by Crippen LogP contribution is -2.20. The van der Waals surface area contributed by atoms with Gasteiger partial charge in [-0.2, -0.15) is 0 Å². The zero-order valence-corrected chi connectivity index (χ0v) is 9.68. The first-order chi connectivity index (χ1) is 8.88. The van der Waals surface area contributed by atoms with E-state index in [0.29, 0.717) is 6.07 Å². The lowest BCUT2D eigenvalue weighted by Gasteiger charge is -2.08. The summed E-state index contributed by atoms with van der Waals surface area (Å²) in [6.07, 6.45) is 0.102. The SMILES string of the molecule is CCc1[nH]c2c(F)c(F)c(F)cc2c(=O)c1C(=O)O. The molecule has 0 atom stereocenters. The molecule has 1 aromatic heterocycles. The van der Waals surface area contributed by atoms with Crippen molar-refractivity contribution in [2.24, 2.45) is 0 Å². The van der Waals surface area contributed by atoms with Gasteiger partial charge in [0.2, 0.25) is 5.43 Å². The summed E-state index contributed by atoms with van der Waals surface area (Å²) in [5, 5.41) is 8.41. The van der Waals surface area contributed by atoms with Crippen LogP contribution >= 0.6 is 0 Å². The molecule has 1 heterocycles. The highest BCUT2D eigenvalue weighted by atomic mass is 19.2. The van der Waals surface area contributed by atoms with E-state index in [9.17, 15) is 22.8 Å². The number of aromatic nitrogens is 1. The molecule has 0 bridgehead atoms. The fourth-order valence-corrected chi connectivity index (χ4v) is 1.87. The van der Waals surface area contributed by atoms with Gasteiger partial charge in [-0.15, -0.1) is 0 Å². The second-order valence-corrected chi connectivity index (χ2v) is 3.88. The van der Waals surface area contributed by atoms with Gasteiger partial charge in [0.05, 0.1) is 10.9 Å². The molecule has 0 aliphatic heterocycles. The van der Waals surface area contributed by atoms with E-state index in [4.69, 9.17) is 5.11 Å². The number of hydrogen-bond donors (Lipinski definition) is 2. The van der Waals surface area contributed by atoms with E-state index in [1.165, 1.54) is 0 Å². The minimum atomic E-state index is -1.71. The highest BCUT2D eigenvalue weighted by molar-refractivity contribution is 5.94. The number of aromatic amines is 1. The van der Waals surface area contributed by atoms with Crippen LogP contribution in [-0.2, 0) is 6.42 Å². The van der Waals surface area contributed by atoms with Gasteiger partial charge in [-0.1, -0.05) is 6.92 Å². The maximum absolute atomic E-state index is 13.6. The second-order valence-electron chi connectivity index (χ2n) is 3.88. The molecule has 0 amide bonds. The average Bonchev–Trinajstić information content (AvgIpc) is 2.36. The quantitative estimate of drug-likeness (QED) is 0.823. The second kappa shape index (κ2) is 4.42. The Balaban J connectivity index is 3.05. The molecular formula is C12H8F3NO3. The van der Waals surface area contributed by atoms with Crippen molar-refractivity contribution in [3.05, 3.63) is 45.0 Å². The Hall–Kier alpha value is -2.31. The van der Waals surface area contributed by atoms with E-state index in [2.05, 4.69) is 4.98 Å². The fraction of sp³-hybridized carbons (Fsp3) is 0.167. The van der Waals surface area contributed by atoms with Gasteiger partial charge in [-0.3, -0.25) is 4.79 Å². The number of hydrogen-bond acceptors (Lipinski definition) is 2. The fourth-order valence-electron chi connectivity index (χ4n) is 1.87. The first-order valence-electron chi connectivity index (χ1n) is 5.34. The Morgan fingerprint density at radius 1 is 1.32 bits per heavy atom. The number of nitrogens with one attached hydrogen (secondary N) is 1. The van der Waals surface area contributed by atoms with E-state index in [1.807, 2.05) is 0 Å². The summed E-state index contributed by atoms with van der Waals surface area (Å²) < 4.78 is 39.7. The van der Waals surface area contributed by atoms with Crippen molar-refractivity contribution in [2.75, 3.05) is 0 Å². The maximum atomic E-state index is 13.6. The first-order valence-corrected chi connectivity index (χ1v) is 5.34. The summed E-state index contributed by atoms with van der Waals surface area (Å²) in [7, 11) is 0. The van der Waals surface area contributed by atoms with Gasteiger partial charge in [0.25, 0.3) is 0 Å². The summed E-state index contributed by atoms with van der Waals surface area (Å²) in [5.41, 5.74) is -2.23. The molecule has 0 unspecified atom stereocenters. The molecule has 100 valence electrons. The van der Waals surface area contributed by atoms with Crippen LogP contribution < -0.4 is 5.43 Å². The summed E-state index contributed by atoms with van der Waals surface area (Å²) in [6.45, 7) is 1.54. The third-order valence-electron chi connectivity index (χ3n) is 2.78. The van der Waals surface area contributed by atoms with E-state index in [-0.39, 0.29) is 12.1 Å². The zero-order valence-electron chi connectivity index (χ0n) is 9.68. The van der Waals surface area contributed by atoms with Crippen LogP contribution in [0.25, 0.3) is 10.9 Å². The molecule has 0 radical (unpaired) electrons. The standard InChI is InChI=1S/C12H8F3NO3/c1-2-6-7(12(18)19)11(17)4-3-5(13)8(14)9(15)10(4)16-6/h3H,2H2,1H3,(H,16,17)(H,18,19). The van der Waals surface area contributed by atoms with Crippen LogP contribution in [0.3, 0.4) is 0 Å². The normalized spacial score (nSPS) is 10.9. The van der Waals surface area contributed by atoms with Gasteiger partial charge in [0.1, 0.15) is 5.56 Å². The summed E-state index contributed by atoms with van der Waals surface area (Å²) in [4.78, 5) is 25.3. The molecule has 0 aliphatic rings. The molecule has 1 aromatic carbocycles. The number of pyridine rings is 1. The molecule has 0 fully saturated rings. The molecule has 2 aromatic rings. The smallest absolute Gasteiger partial charge is 0.341 e. The Kier molecular flexibility index (Phi) is 3.05. The molecule has 0 saturated heterocycles. The number of carbonyl (C=O) groups is 1. The Morgan fingerprint density at radius 3 is 2.47 bits per heavy atom. The molecule has 2 rings (SSSR count). The van der Waals surface area contributed by atoms with E-state index >= 15 is 0 Å². The summed E-state index contributed by atoms with van der Waals surface area (Å²) in [6, 6.07) is 0.485. The third kappa shape index (κ3) is 1.87. The van der Waals surface area contributed by atoms with E-state index < -0.39 is 45.3 Å². The van der Waals surface area contributed by atoms with Crippen LogP contribution in [0.4, 0.5) is 13.2 Å². The topological polar surface area (TPSA) is 70.2 Å². The van der Waals surface area contributed by atoms with Crippen molar-refractivity contribution < 1.29 is 23.1 Å². The molecule has 2 N–H and O–H groups in total. The zero-order chi connectivity index (χ0) is 14.3.